The summed E-state index contributed by atoms with van der Waals surface area (Å²) in [5.41, 5.74) is 4.16. The molecule has 4 aromatic rings. The lowest BCUT2D eigenvalue weighted by atomic mass is 10.2. The highest BCUT2D eigenvalue weighted by Gasteiger charge is 2.25. The maximum atomic E-state index is 13.2. The van der Waals surface area contributed by atoms with Crippen molar-refractivity contribution in [1.82, 2.24) is 14.2 Å². The quantitative estimate of drug-likeness (QED) is 0.553. The van der Waals surface area contributed by atoms with Crippen LogP contribution in [0, 0.1) is 6.92 Å². The third-order valence-corrected chi connectivity index (χ3v) is 5.22. The molecule has 6 heteroatoms. The number of aryl methyl sites for hydroxylation is 1. The first-order chi connectivity index (χ1) is 13.1. The van der Waals surface area contributed by atoms with Gasteiger partial charge in [0.25, 0.3) is 5.56 Å². The van der Waals surface area contributed by atoms with Crippen LogP contribution in [0.25, 0.3) is 16.6 Å². The second kappa shape index (κ2) is 5.81. The van der Waals surface area contributed by atoms with Crippen LogP contribution in [-0.4, -0.2) is 26.6 Å². The normalized spacial score (nSPS) is 13.4. The molecule has 5 rings (SSSR count). The Morgan fingerprint density at radius 1 is 1.11 bits per heavy atom. The Kier molecular flexibility index (Phi) is 3.40. The fourth-order valence-corrected chi connectivity index (χ4v) is 4.03. The highest BCUT2D eigenvalue weighted by molar-refractivity contribution is 5.98. The lowest BCUT2D eigenvalue weighted by Gasteiger charge is -2.19. The molecule has 3 heterocycles. The van der Waals surface area contributed by atoms with Crippen LogP contribution >= 0.6 is 0 Å². The largest absolute Gasteiger partial charge is 0.310 e. The molecule has 0 aliphatic carbocycles. The predicted molar refractivity (Wildman–Crippen MR) is 104 cm³/mol. The number of hydrogen-bond acceptors (Lipinski definition) is 3. The van der Waals surface area contributed by atoms with Crippen molar-refractivity contribution in [3.63, 3.8) is 0 Å². The van der Waals surface area contributed by atoms with Crippen molar-refractivity contribution in [3.05, 3.63) is 76.2 Å². The zero-order valence-electron chi connectivity index (χ0n) is 14.9. The zero-order valence-corrected chi connectivity index (χ0v) is 14.9. The smallest absolute Gasteiger partial charge is 0.273 e. The summed E-state index contributed by atoms with van der Waals surface area (Å²) in [7, 11) is 0. The van der Waals surface area contributed by atoms with E-state index < -0.39 is 0 Å². The van der Waals surface area contributed by atoms with E-state index in [0.29, 0.717) is 12.2 Å². The number of aromatic nitrogens is 3. The molecule has 0 atom stereocenters. The van der Waals surface area contributed by atoms with Gasteiger partial charge in [0.15, 0.2) is 5.65 Å². The second-order valence-corrected chi connectivity index (χ2v) is 6.87. The van der Waals surface area contributed by atoms with E-state index in [1.54, 1.807) is 0 Å². The highest BCUT2D eigenvalue weighted by Crippen LogP contribution is 2.28. The number of rotatable bonds is 2. The van der Waals surface area contributed by atoms with E-state index in [2.05, 4.69) is 11.1 Å². The zero-order chi connectivity index (χ0) is 18.5. The van der Waals surface area contributed by atoms with Crippen molar-refractivity contribution in [3.8, 4) is 0 Å². The minimum atomic E-state index is -0.268. The maximum absolute atomic E-state index is 13.2. The number of carbonyl (C=O) groups is 1. The van der Waals surface area contributed by atoms with Crippen LogP contribution in [0.15, 0.2) is 59.4 Å². The molecule has 0 saturated carbocycles. The van der Waals surface area contributed by atoms with E-state index >= 15 is 0 Å². The Morgan fingerprint density at radius 2 is 1.89 bits per heavy atom. The van der Waals surface area contributed by atoms with Gasteiger partial charge in [-0.25, -0.2) is 4.52 Å². The molecule has 0 saturated heterocycles. The van der Waals surface area contributed by atoms with Gasteiger partial charge in [0, 0.05) is 29.4 Å². The number of anilines is 1. The van der Waals surface area contributed by atoms with Gasteiger partial charge in [0.1, 0.15) is 6.54 Å². The van der Waals surface area contributed by atoms with Crippen LogP contribution in [-0.2, 0) is 17.8 Å². The summed E-state index contributed by atoms with van der Waals surface area (Å²) < 4.78 is 3.78. The van der Waals surface area contributed by atoms with Gasteiger partial charge in [0.05, 0.1) is 5.52 Å². The van der Waals surface area contributed by atoms with E-state index in [0.717, 1.165) is 28.7 Å². The van der Waals surface area contributed by atoms with Crippen LogP contribution in [0.3, 0.4) is 0 Å². The van der Waals surface area contributed by atoms with Gasteiger partial charge in [-0.2, -0.15) is 4.98 Å². The van der Waals surface area contributed by atoms with E-state index in [1.807, 2.05) is 63.5 Å². The van der Waals surface area contributed by atoms with Crippen LogP contribution in [0.5, 0.6) is 0 Å². The molecule has 1 amide bonds. The number of carbonyl (C=O) groups excluding carboxylic acids is 1. The minimum absolute atomic E-state index is 0.0284. The van der Waals surface area contributed by atoms with Gasteiger partial charge < -0.3 is 4.90 Å². The maximum Gasteiger partial charge on any atom is 0.273 e. The Morgan fingerprint density at radius 3 is 2.78 bits per heavy atom. The summed E-state index contributed by atoms with van der Waals surface area (Å²) in [6.07, 6.45) is 0.877. The fraction of sp³-hybridized carbons (Fsp3) is 0.190. The molecule has 0 spiro atoms. The minimum Gasteiger partial charge on any atom is -0.310 e. The summed E-state index contributed by atoms with van der Waals surface area (Å²) in [4.78, 5) is 31.1. The van der Waals surface area contributed by atoms with Gasteiger partial charge >= 0.3 is 0 Å². The van der Waals surface area contributed by atoms with Crippen LogP contribution in [0.2, 0.25) is 0 Å². The van der Waals surface area contributed by atoms with Gasteiger partial charge in [-0.15, -0.1) is 0 Å². The molecule has 0 unspecified atom stereocenters. The predicted octanol–water partition coefficient (Wildman–Crippen LogP) is 2.55. The standard InChI is InChI=1S/C21H18N4O2/c1-14-12-19(26)22-21-16-7-3-5-9-18(16)24(25(14)21)13-20(27)23-11-10-15-6-2-4-8-17(15)23/h2-9,12H,10-11,13H2,1H3. The average Bonchev–Trinajstić information content (AvgIpc) is 3.22. The molecular formula is C21H18N4O2. The number of hydrogen-bond donors (Lipinski definition) is 0. The van der Waals surface area contributed by atoms with Crippen molar-refractivity contribution in [1.29, 1.82) is 0 Å². The summed E-state index contributed by atoms with van der Waals surface area (Å²) in [5, 5.41) is 0.868. The van der Waals surface area contributed by atoms with Crippen molar-refractivity contribution >= 4 is 28.1 Å². The van der Waals surface area contributed by atoms with Gasteiger partial charge in [-0.3, -0.25) is 14.3 Å². The molecule has 2 aromatic heterocycles. The first-order valence-electron chi connectivity index (χ1n) is 9.00. The molecule has 1 aliphatic heterocycles. The second-order valence-electron chi connectivity index (χ2n) is 6.87. The molecule has 6 nitrogen and oxygen atoms in total. The molecule has 1 aliphatic rings. The summed E-state index contributed by atoms with van der Waals surface area (Å²) in [5.74, 6) is 0.0284. The summed E-state index contributed by atoms with van der Waals surface area (Å²) in [6.45, 7) is 2.74. The fourth-order valence-electron chi connectivity index (χ4n) is 4.03. The number of para-hydroxylation sites is 2. The molecule has 134 valence electrons. The van der Waals surface area contributed by atoms with Gasteiger partial charge in [-0.1, -0.05) is 30.3 Å². The third kappa shape index (κ3) is 2.37. The van der Waals surface area contributed by atoms with Crippen LogP contribution < -0.4 is 10.5 Å². The van der Waals surface area contributed by atoms with Gasteiger partial charge in [-0.05, 0) is 37.1 Å². The molecule has 0 fully saturated rings. The number of amides is 1. The molecule has 2 aromatic carbocycles. The Bertz CT molecular complexity index is 1270. The first-order valence-corrected chi connectivity index (χ1v) is 9.00. The Labute approximate surface area is 155 Å². The number of benzene rings is 2. The topological polar surface area (TPSA) is 59.6 Å². The monoisotopic (exact) mass is 358 g/mol. The van der Waals surface area contributed by atoms with Crippen molar-refractivity contribution in [2.45, 2.75) is 19.9 Å². The Balaban J connectivity index is 1.65. The first kappa shape index (κ1) is 15.8. The van der Waals surface area contributed by atoms with Crippen LogP contribution in [0.1, 0.15) is 11.3 Å². The van der Waals surface area contributed by atoms with Crippen molar-refractivity contribution in [2.24, 2.45) is 0 Å². The van der Waals surface area contributed by atoms with Crippen LogP contribution in [0.4, 0.5) is 5.69 Å². The average molecular weight is 358 g/mol. The van der Waals surface area contributed by atoms with Gasteiger partial charge in [0.2, 0.25) is 5.91 Å². The highest BCUT2D eigenvalue weighted by atomic mass is 16.2. The molecule has 0 bridgehead atoms. The lowest BCUT2D eigenvalue weighted by Crippen LogP contribution is -2.33. The SMILES string of the molecule is Cc1cc(=O)nc2c3ccccc3n(CC(=O)N3CCc4ccccc43)n12. The lowest BCUT2D eigenvalue weighted by molar-refractivity contribution is -0.119. The summed E-state index contributed by atoms with van der Waals surface area (Å²) in [6, 6.07) is 17.3. The molecule has 0 N–H and O–H groups in total. The Hall–Kier alpha value is -3.41. The summed E-state index contributed by atoms with van der Waals surface area (Å²) >= 11 is 0. The van der Waals surface area contributed by atoms with Crippen molar-refractivity contribution in [2.75, 3.05) is 11.4 Å². The molecule has 0 radical (unpaired) electrons. The number of nitrogens with zero attached hydrogens (tertiary/aromatic N) is 4. The van der Waals surface area contributed by atoms with E-state index in [-0.39, 0.29) is 18.0 Å². The number of fused-ring (bicyclic) bond motifs is 4. The van der Waals surface area contributed by atoms with E-state index in [9.17, 15) is 9.59 Å². The van der Waals surface area contributed by atoms with E-state index in [4.69, 9.17) is 0 Å². The van der Waals surface area contributed by atoms with E-state index in [1.165, 1.54) is 11.6 Å². The third-order valence-electron chi connectivity index (χ3n) is 5.22. The molecule has 27 heavy (non-hydrogen) atoms. The van der Waals surface area contributed by atoms with Crippen molar-refractivity contribution < 1.29 is 4.79 Å². The molecular weight excluding hydrogens is 340 g/mol.